The van der Waals surface area contributed by atoms with E-state index in [4.69, 9.17) is 0 Å². The van der Waals surface area contributed by atoms with Gasteiger partial charge in [0, 0.05) is 32.4 Å². The summed E-state index contributed by atoms with van der Waals surface area (Å²) in [5.74, 6) is 0.0350. The Morgan fingerprint density at radius 2 is 2.00 bits per heavy atom. The monoisotopic (exact) mass is 271 g/mol. The average molecular weight is 271 g/mol. The molecule has 1 aromatic heterocycles. The summed E-state index contributed by atoms with van der Waals surface area (Å²) in [5.41, 5.74) is 0.598. The second-order valence-electron chi connectivity index (χ2n) is 4.45. The van der Waals surface area contributed by atoms with Crippen LogP contribution in [0.15, 0.2) is 18.3 Å². The number of carbonyl (C=O) groups excluding carboxylic acids is 1. The van der Waals surface area contributed by atoms with Gasteiger partial charge in [0.15, 0.2) is 5.78 Å². The predicted molar refractivity (Wildman–Crippen MR) is 68.0 cm³/mol. The van der Waals surface area contributed by atoms with Crippen molar-refractivity contribution < 1.29 is 13.2 Å². The smallest absolute Gasteiger partial charge is 0.211 e. The molecular weight excluding hydrogens is 254 g/mol. The lowest BCUT2D eigenvalue weighted by Gasteiger charge is -2.32. The van der Waals surface area contributed by atoms with E-state index in [1.165, 1.54) is 10.6 Å². The van der Waals surface area contributed by atoms with Crippen molar-refractivity contribution in [2.75, 3.05) is 39.0 Å². The van der Waals surface area contributed by atoms with Gasteiger partial charge in [-0.25, -0.2) is 8.42 Å². The van der Waals surface area contributed by atoms with Crippen molar-refractivity contribution in [3.8, 4) is 0 Å². The van der Waals surface area contributed by atoms with E-state index in [0.717, 1.165) is 0 Å². The topological polar surface area (TPSA) is 73.5 Å². The predicted octanol–water partition coefficient (Wildman–Crippen LogP) is -0.225. The Kier molecular flexibility index (Phi) is 3.84. The van der Waals surface area contributed by atoms with Crippen LogP contribution in [-0.4, -0.2) is 67.4 Å². The molecule has 1 saturated heterocycles. The zero-order valence-electron chi connectivity index (χ0n) is 10.3. The van der Waals surface area contributed by atoms with Crippen LogP contribution in [0, 0.1) is 0 Å². The van der Waals surface area contributed by atoms with Gasteiger partial charge in [0.2, 0.25) is 10.0 Å². The summed E-state index contributed by atoms with van der Waals surface area (Å²) in [6, 6.07) is 3.53. The number of H-pyrrole nitrogens is 1. The van der Waals surface area contributed by atoms with E-state index in [9.17, 15) is 13.2 Å². The van der Waals surface area contributed by atoms with Crippen molar-refractivity contribution >= 4 is 15.8 Å². The third-order valence-corrected chi connectivity index (χ3v) is 4.37. The molecule has 0 saturated carbocycles. The number of nitrogens with one attached hydrogen (secondary N) is 1. The number of Topliss-reactive ketones (excluding diaryl/α,β-unsaturated/α-hetero) is 1. The van der Waals surface area contributed by atoms with Gasteiger partial charge in [0.25, 0.3) is 0 Å². The van der Waals surface area contributed by atoms with Crippen molar-refractivity contribution in [2.45, 2.75) is 0 Å². The highest BCUT2D eigenvalue weighted by Crippen LogP contribution is 2.07. The van der Waals surface area contributed by atoms with Gasteiger partial charge in [-0.3, -0.25) is 9.69 Å². The van der Waals surface area contributed by atoms with Gasteiger partial charge >= 0.3 is 0 Å². The van der Waals surface area contributed by atoms with Crippen molar-refractivity contribution in [3.63, 3.8) is 0 Å². The first kappa shape index (κ1) is 13.3. The molecule has 0 aromatic carbocycles. The molecule has 0 radical (unpaired) electrons. The zero-order chi connectivity index (χ0) is 13.2. The number of hydrogen-bond donors (Lipinski definition) is 1. The van der Waals surface area contributed by atoms with Crippen molar-refractivity contribution in [1.82, 2.24) is 14.2 Å². The van der Waals surface area contributed by atoms with Crippen LogP contribution >= 0.6 is 0 Å². The number of piperazine rings is 1. The van der Waals surface area contributed by atoms with Crippen molar-refractivity contribution in [3.05, 3.63) is 24.0 Å². The van der Waals surface area contributed by atoms with Crippen molar-refractivity contribution in [1.29, 1.82) is 0 Å². The molecular formula is C11H17N3O3S. The molecule has 1 N–H and O–H groups in total. The minimum Gasteiger partial charge on any atom is -0.359 e. The molecule has 6 nitrogen and oxygen atoms in total. The Morgan fingerprint density at radius 3 is 2.50 bits per heavy atom. The van der Waals surface area contributed by atoms with Gasteiger partial charge in [-0.1, -0.05) is 0 Å². The molecule has 2 rings (SSSR count). The molecule has 2 heterocycles. The highest BCUT2D eigenvalue weighted by Gasteiger charge is 2.24. The van der Waals surface area contributed by atoms with Crippen molar-refractivity contribution in [2.24, 2.45) is 0 Å². The molecule has 1 aliphatic heterocycles. The second-order valence-corrected chi connectivity index (χ2v) is 6.43. The van der Waals surface area contributed by atoms with Crippen LogP contribution in [0.3, 0.4) is 0 Å². The Morgan fingerprint density at radius 1 is 1.33 bits per heavy atom. The summed E-state index contributed by atoms with van der Waals surface area (Å²) >= 11 is 0. The van der Waals surface area contributed by atoms with Crippen LogP contribution in [0.1, 0.15) is 10.5 Å². The highest BCUT2D eigenvalue weighted by molar-refractivity contribution is 7.88. The quantitative estimate of drug-likeness (QED) is 0.768. The molecule has 18 heavy (non-hydrogen) atoms. The van der Waals surface area contributed by atoms with E-state index in [1.807, 2.05) is 4.90 Å². The maximum atomic E-state index is 11.8. The molecule has 1 aromatic rings. The van der Waals surface area contributed by atoms with Gasteiger partial charge in [0.05, 0.1) is 18.5 Å². The van der Waals surface area contributed by atoms with E-state index in [-0.39, 0.29) is 5.78 Å². The van der Waals surface area contributed by atoms with E-state index in [0.29, 0.717) is 38.4 Å². The van der Waals surface area contributed by atoms with E-state index in [1.54, 1.807) is 18.3 Å². The van der Waals surface area contributed by atoms with E-state index < -0.39 is 10.0 Å². The number of carbonyl (C=O) groups is 1. The average Bonchev–Trinajstić information content (AvgIpc) is 2.82. The summed E-state index contributed by atoms with van der Waals surface area (Å²) < 4.78 is 24.1. The molecule has 0 atom stereocenters. The number of sulfonamides is 1. The SMILES string of the molecule is CS(=O)(=O)N1CCN(CC(=O)c2ccc[nH]2)CC1. The lowest BCUT2D eigenvalue weighted by molar-refractivity contribution is 0.0897. The summed E-state index contributed by atoms with van der Waals surface area (Å²) in [4.78, 5) is 16.7. The van der Waals surface area contributed by atoms with Crippen LogP contribution in [0.25, 0.3) is 0 Å². The van der Waals surface area contributed by atoms with Gasteiger partial charge in [-0.05, 0) is 12.1 Å². The number of aromatic nitrogens is 1. The van der Waals surface area contributed by atoms with Crippen LogP contribution in [-0.2, 0) is 10.0 Å². The molecule has 7 heteroatoms. The van der Waals surface area contributed by atoms with Gasteiger partial charge in [-0.15, -0.1) is 0 Å². The lowest BCUT2D eigenvalue weighted by atomic mass is 10.2. The zero-order valence-corrected chi connectivity index (χ0v) is 11.1. The molecule has 0 unspecified atom stereocenters. The Labute approximate surface area is 107 Å². The Balaban J connectivity index is 1.86. The second kappa shape index (κ2) is 5.21. The third kappa shape index (κ3) is 3.18. The maximum absolute atomic E-state index is 11.8. The number of nitrogens with zero attached hydrogens (tertiary/aromatic N) is 2. The first-order chi connectivity index (χ1) is 8.47. The fraction of sp³-hybridized carbons (Fsp3) is 0.545. The summed E-state index contributed by atoms with van der Waals surface area (Å²) in [5, 5.41) is 0. The first-order valence-electron chi connectivity index (χ1n) is 5.81. The van der Waals surface area contributed by atoms with Crippen LogP contribution in [0.2, 0.25) is 0 Å². The normalized spacial score (nSPS) is 18.9. The van der Waals surface area contributed by atoms with E-state index >= 15 is 0 Å². The van der Waals surface area contributed by atoms with Gasteiger partial charge in [-0.2, -0.15) is 4.31 Å². The molecule has 1 aliphatic rings. The number of hydrogen-bond acceptors (Lipinski definition) is 4. The maximum Gasteiger partial charge on any atom is 0.211 e. The first-order valence-corrected chi connectivity index (χ1v) is 7.66. The van der Waals surface area contributed by atoms with E-state index in [2.05, 4.69) is 4.98 Å². The van der Waals surface area contributed by atoms with Crippen LogP contribution in [0.5, 0.6) is 0 Å². The fourth-order valence-electron chi connectivity index (χ4n) is 2.01. The summed E-state index contributed by atoms with van der Waals surface area (Å²) in [6.45, 7) is 2.44. The van der Waals surface area contributed by atoms with Crippen LogP contribution in [0.4, 0.5) is 0 Å². The fourth-order valence-corrected chi connectivity index (χ4v) is 2.84. The molecule has 0 amide bonds. The largest absolute Gasteiger partial charge is 0.359 e. The minimum absolute atomic E-state index is 0.0350. The highest BCUT2D eigenvalue weighted by atomic mass is 32.2. The molecule has 0 aliphatic carbocycles. The molecule has 0 spiro atoms. The van der Waals surface area contributed by atoms with Gasteiger partial charge in [0.1, 0.15) is 0 Å². The van der Waals surface area contributed by atoms with Crippen LogP contribution < -0.4 is 0 Å². The number of aromatic amines is 1. The lowest BCUT2D eigenvalue weighted by Crippen LogP contribution is -2.49. The molecule has 1 fully saturated rings. The third-order valence-electron chi connectivity index (χ3n) is 3.07. The summed E-state index contributed by atoms with van der Waals surface area (Å²) in [6.07, 6.45) is 2.93. The Hall–Kier alpha value is -1.18. The minimum atomic E-state index is -3.11. The Bertz CT molecular complexity index is 502. The molecule has 100 valence electrons. The van der Waals surface area contributed by atoms with Gasteiger partial charge < -0.3 is 4.98 Å². The molecule has 0 bridgehead atoms. The summed E-state index contributed by atoms with van der Waals surface area (Å²) in [7, 11) is -3.11. The standard InChI is InChI=1S/C11H17N3O3S/c1-18(16,17)14-7-5-13(6-8-14)9-11(15)10-3-2-4-12-10/h2-4,12H,5-9H2,1H3. The number of ketones is 1. The number of rotatable bonds is 4.